The van der Waals surface area contributed by atoms with Gasteiger partial charge in [-0.25, -0.2) is 4.68 Å². The Morgan fingerprint density at radius 1 is 1.00 bits per heavy atom. The summed E-state index contributed by atoms with van der Waals surface area (Å²) >= 11 is 0. The first-order valence-corrected chi connectivity index (χ1v) is 9.98. The van der Waals surface area contributed by atoms with Crippen LogP contribution >= 0.6 is 0 Å². The van der Waals surface area contributed by atoms with E-state index >= 15 is 0 Å². The molecule has 142 valence electrons. The van der Waals surface area contributed by atoms with Crippen LogP contribution in [0.2, 0.25) is 0 Å². The molecule has 1 aliphatic heterocycles. The van der Waals surface area contributed by atoms with Gasteiger partial charge in [-0.05, 0) is 49.8 Å². The van der Waals surface area contributed by atoms with Gasteiger partial charge in [0.15, 0.2) is 0 Å². The fourth-order valence-corrected chi connectivity index (χ4v) is 4.27. The molecule has 6 heteroatoms. The van der Waals surface area contributed by atoms with Crippen molar-refractivity contribution in [3.63, 3.8) is 0 Å². The van der Waals surface area contributed by atoms with Gasteiger partial charge in [0.1, 0.15) is 0 Å². The number of piperidine rings is 1. The molecule has 1 saturated heterocycles. The molecule has 1 amide bonds. The summed E-state index contributed by atoms with van der Waals surface area (Å²) in [5.41, 5.74) is 1.67. The summed E-state index contributed by atoms with van der Waals surface area (Å²) in [6.45, 7) is 2.22. The van der Waals surface area contributed by atoms with Crippen LogP contribution in [0.25, 0.3) is 11.3 Å². The molecule has 3 heterocycles. The highest BCUT2D eigenvalue weighted by atomic mass is 16.2. The van der Waals surface area contributed by atoms with Gasteiger partial charge in [-0.3, -0.25) is 14.6 Å². The zero-order valence-corrected chi connectivity index (χ0v) is 15.6. The summed E-state index contributed by atoms with van der Waals surface area (Å²) in [5, 5.41) is 4.55. The number of likely N-dealkylation sites (tertiary alicyclic amines) is 1. The summed E-state index contributed by atoms with van der Waals surface area (Å²) in [6, 6.07) is 7.13. The third-order valence-corrected chi connectivity index (χ3v) is 5.90. The van der Waals surface area contributed by atoms with Crippen molar-refractivity contribution in [1.29, 1.82) is 0 Å². The number of aromatic nitrogens is 3. The van der Waals surface area contributed by atoms with E-state index < -0.39 is 0 Å². The second-order valence-corrected chi connectivity index (χ2v) is 7.72. The van der Waals surface area contributed by atoms with Gasteiger partial charge in [0.05, 0.1) is 5.69 Å². The van der Waals surface area contributed by atoms with Crippen LogP contribution in [0.1, 0.15) is 38.5 Å². The topological polar surface area (TPSA) is 68.1 Å². The highest BCUT2D eigenvalue weighted by molar-refractivity contribution is 5.79. The van der Waals surface area contributed by atoms with Crippen molar-refractivity contribution in [2.45, 2.75) is 45.1 Å². The summed E-state index contributed by atoms with van der Waals surface area (Å²) in [5.74, 6) is 0.985. The number of pyridine rings is 1. The summed E-state index contributed by atoms with van der Waals surface area (Å²) in [6.07, 6.45) is 9.81. The molecule has 0 N–H and O–H groups in total. The lowest BCUT2D eigenvalue weighted by Gasteiger charge is -2.33. The smallest absolute Gasteiger partial charge is 0.266 e. The molecular formula is C21H26N4O2. The summed E-state index contributed by atoms with van der Waals surface area (Å²) in [4.78, 5) is 30.9. The molecule has 1 saturated carbocycles. The minimum absolute atomic E-state index is 0.0720. The predicted molar refractivity (Wildman–Crippen MR) is 103 cm³/mol. The molecule has 4 rings (SSSR count). The van der Waals surface area contributed by atoms with Crippen LogP contribution in [0.5, 0.6) is 0 Å². The maximum absolute atomic E-state index is 12.6. The molecule has 27 heavy (non-hydrogen) atoms. The van der Waals surface area contributed by atoms with E-state index in [9.17, 15) is 9.59 Å². The molecule has 0 atom stereocenters. The number of hydrogen-bond donors (Lipinski definition) is 0. The Balaban J connectivity index is 1.39. The molecule has 0 bridgehead atoms. The number of carbonyl (C=O) groups excluding carboxylic acids is 1. The molecule has 1 aliphatic carbocycles. The van der Waals surface area contributed by atoms with Gasteiger partial charge in [0.2, 0.25) is 5.91 Å². The highest BCUT2D eigenvalue weighted by Crippen LogP contribution is 2.28. The van der Waals surface area contributed by atoms with Crippen LogP contribution in [0.4, 0.5) is 0 Å². The van der Waals surface area contributed by atoms with Crippen LogP contribution in [0.15, 0.2) is 41.5 Å². The maximum atomic E-state index is 12.6. The lowest BCUT2D eigenvalue weighted by molar-refractivity contribution is -0.136. The van der Waals surface area contributed by atoms with Crippen LogP contribution in [0.3, 0.4) is 0 Å². The lowest BCUT2D eigenvalue weighted by Crippen LogP contribution is -2.42. The zero-order valence-electron chi connectivity index (χ0n) is 15.6. The molecule has 2 fully saturated rings. The molecule has 2 aromatic heterocycles. The van der Waals surface area contributed by atoms with Gasteiger partial charge < -0.3 is 4.90 Å². The van der Waals surface area contributed by atoms with E-state index in [0.29, 0.717) is 18.4 Å². The quantitative estimate of drug-likeness (QED) is 0.834. The monoisotopic (exact) mass is 366 g/mol. The summed E-state index contributed by atoms with van der Waals surface area (Å²) < 4.78 is 1.58. The number of amides is 1. The average Bonchev–Trinajstić information content (AvgIpc) is 3.25. The Hall–Kier alpha value is -2.50. The Labute approximate surface area is 159 Å². The molecule has 0 spiro atoms. The Bertz CT molecular complexity index is 835. The SMILES string of the molecule is O=C(C1CCCC1)N1CCC(Cn2nc(-c3ccncc3)ccc2=O)CC1. The molecule has 2 aliphatic rings. The van der Waals surface area contributed by atoms with Gasteiger partial charge in [-0.2, -0.15) is 5.10 Å². The first-order valence-electron chi connectivity index (χ1n) is 9.98. The van der Waals surface area contributed by atoms with Gasteiger partial charge in [-0.15, -0.1) is 0 Å². The second kappa shape index (κ2) is 8.03. The van der Waals surface area contributed by atoms with E-state index in [4.69, 9.17) is 0 Å². The zero-order chi connectivity index (χ0) is 18.6. The maximum Gasteiger partial charge on any atom is 0.266 e. The van der Waals surface area contributed by atoms with E-state index in [1.54, 1.807) is 29.2 Å². The van der Waals surface area contributed by atoms with Crippen molar-refractivity contribution >= 4 is 5.91 Å². The minimum atomic E-state index is -0.0720. The number of nitrogens with zero attached hydrogens (tertiary/aromatic N) is 4. The molecule has 0 radical (unpaired) electrons. The first-order chi connectivity index (χ1) is 13.2. The van der Waals surface area contributed by atoms with Crippen LogP contribution in [0, 0.1) is 11.8 Å². The fourth-order valence-electron chi connectivity index (χ4n) is 4.27. The largest absolute Gasteiger partial charge is 0.342 e. The van der Waals surface area contributed by atoms with E-state index in [1.165, 1.54) is 12.8 Å². The Kier molecular flexibility index (Phi) is 5.32. The normalized spacial score (nSPS) is 18.7. The fraction of sp³-hybridized carbons (Fsp3) is 0.524. The molecular weight excluding hydrogens is 340 g/mol. The Morgan fingerprint density at radius 3 is 2.41 bits per heavy atom. The van der Waals surface area contributed by atoms with Crippen LogP contribution < -0.4 is 5.56 Å². The molecule has 0 aromatic carbocycles. The minimum Gasteiger partial charge on any atom is -0.342 e. The number of carbonyl (C=O) groups is 1. The standard InChI is InChI=1S/C21H26N4O2/c26-20-6-5-19(17-7-11-22-12-8-17)23-25(20)15-16-9-13-24(14-10-16)21(27)18-3-1-2-4-18/h5-8,11-12,16,18H,1-4,9-10,13-15H2. The summed E-state index contributed by atoms with van der Waals surface area (Å²) in [7, 11) is 0. The second-order valence-electron chi connectivity index (χ2n) is 7.72. The van der Waals surface area contributed by atoms with Gasteiger partial charge in [0, 0.05) is 49.6 Å². The average molecular weight is 366 g/mol. The molecule has 6 nitrogen and oxygen atoms in total. The van der Waals surface area contributed by atoms with Crippen molar-refractivity contribution in [3.05, 3.63) is 47.0 Å². The first kappa shape index (κ1) is 17.9. The van der Waals surface area contributed by atoms with Gasteiger partial charge >= 0.3 is 0 Å². The van der Waals surface area contributed by atoms with Crippen molar-refractivity contribution in [2.75, 3.05) is 13.1 Å². The van der Waals surface area contributed by atoms with Crippen LogP contribution in [-0.2, 0) is 11.3 Å². The number of rotatable bonds is 4. The third-order valence-electron chi connectivity index (χ3n) is 5.90. The van der Waals surface area contributed by atoms with E-state index in [0.717, 1.165) is 50.0 Å². The van der Waals surface area contributed by atoms with E-state index in [-0.39, 0.29) is 11.5 Å². The van der Waals surface area contributed by atoms with Crippen molar-refractivity contribution < 1.29 is 4.79 Å². The third kappa shape index (κ3) is 4.10. The molecule has 2 aromatic rings. The Morgan fingerprint density at radius 2 is 1.70 bits per heavy atom. The van der Waals surface area contributed by atoms with Crippen molar-refractivity contribution in [3.8, 4) is 11.3 Å². The van der Waals surface area contributed by atoms with Crippen LogP contribution in [-0.4, -0.2) is 38.7 Å². The highest BCUT2D eigenvalue weighted by Gasteiger charge is 2.30. The van der Waals surface area contributed by atoms with Crippen molar-refractivity contribution in [2.24, 2.45) is 11.8 Å². The van der Waals surface area contributed by atoms with Gasteiger partial charge in [-0.1, -0.05) is 12.8 Å². The number of hydrogen-bond acceptors (Lipinski definition) is 4. The van der Waals surface area contributed by atoms with Gasteiger partial charge in [0.25, 0.3) is 5.56 Å². The molecule has 0 unspecified atom stereocenters. The predicted octanol–water partition coefficient (Wildman–Crippen LogP) is 2.73. The van der Waals surface area contributed by atoms with E-state index in [1.807, 2.05) is 17.0 Å². The lowest BCUT2D eigenvalue weighted by atomic mass is 9.95. The van der Waals surface area contributed by atoms with E-state index in [2.05, 4.69) is 10.1 Å². The van der Waals surface area contributed by atoms with Crippen molar-refractivity contribution in [1.82, 2.24) is 19.7 Å².